The quantitative estimate of drug-likeness (QED) is 0.763. The van der Waals surface area contributed by atoms with E-state index < -0.39 is 6.04 Å². The van der Waals surface area contributed by atoms with Gasteiger partial charge in [-0.25, -0.2) is 4.39 Å². The van der Waals surface area contributed by atoms with Crippen LogP contribution in [0.5, 0.6) is 0 Å². The standard InChI is InChI=1S/C16H22FN3O.ClH/c1-3-10(2)15(18)16(21)19-7-6-11-9-20-14-8-12(17)4-5-13(11)14;/h4-5,8-10,15,20H,3,6-7,18H2,1-2H3,(H,19,21);1H. The van der Waals surface area contributed by atoms with Crippen molar-refractivity contribution in [3.8, 4) is 0 Å². The lowest BCUT2D eigenvalue weighted by atomic mass is 9.99. The first-order valence-corrected chi connectivity index (χ1v) is 7.31. The molecule has 6 heteroatoms. The highest BCUT2D eigenvalue weighted by Crippen LogP contribution is 2.19. The average molecular weight is 328 g/mol. The van der Waals surface area contributed by atoms with E-state index in [4.69, 9.17) is 5.73 Å². The topological polar surface area (TPSA) is 70.9 Å². The summed E-state index contributed by atoms with van der Waals surface area (Å²) in [6.45, 7) is 4.51. The van der Waals surface area contributed by atoms with Gasteiger partial charge in [-0.05, 0) is 36.1 Å². The highest BCUT2D eigenvalue weighted by atomic mass is 35.5. The molecule has 1 heterocycles. The third-order valence-electron chi connectivity index (χ3n) is 3.98. The molecule has 0 aliphatic carbocycles. The smallest absolute Gasteiger partial charge is 0.237 e. The molecule has 0 aliphatic rings. The molecular formula is C16H23ClFN3O. The fourth-order valence-electron chi connectivity index (χ4n) is 2.32. The number of nitrogens with one attached hydrogen (secondary N) is 2. The van der Waals surface area contributed by atoms with Crippen LogP contribution in [-0.2, 0) is 11.2 Å². The van der Waals surface area contributed by atoms with Crippen LogP contribution < -0.4 is 11.1 Å². The van der Waals surface area contributed by atoms with Crippen molar-refractivity contribution in [1.82, 2.24) is 10.3 Å². The molecule has 2 unspecified atom stereocenters. The van der Waals surface area contributed by atoms with Crippen molar-refractivity contribution < 1.29 is 9.18 Å². The van der Waals surface area contributed by atoms with E-state index in [0.717, 1.165) is 22.9 Å². The van der Waals surface area contributed by atoms with Crippen LogP contribution in [0.15, 0.2) is 24.4 Å². The molecule has 1 aromatic carbocycles. The maximum Gasteiger partial charge on any atom is 0.237 e. The summed E-state index contributed by atoms with van der Waals surface area (Å²) in [6.07, 6.45) is 3.41. The second-order valence-corrected chi connectivity index (χ2v) is 5.46. The van der Waals surface area contributed by atoms with Crippen molar-refractivity contribution in [3.05, 3.63) is 35.8 Å². The predicted octanol–water partition coefficient (Wildman–Crippen LogP) is 2.76. The van der Waals surface area contributed by atoms with Crippen LogP contribution in [0.25, 0.3) is 10.9 Å². The van der Waals surface area contributed by atoms with E-state index >= 15 is 0 Å². The fourth-order valence-corrected chi connectivity index (χ4v) is 2.32. The molecule has 2 rings (SSSR count). The van der Waals surface area contributed by atoms with Gasteiger partial charge in [0.25, 0.3) is 0 Å². The van der Waals surface area contributed by atoms with Crippen molar-refractivity contribution in [1.29, 1.82) is 0 Å². The molecule has 0 aliphatic heterocycles. The van der Waals surface area contributed by atoms with Crippen molar-refractivity contribution in [2.75, 3.05) is 6.54 Å². The molecule has 4 nitrogen and oxygen atoms in total. The zero-order chi connectivity index (χ0) is 15.4. The van der Waals surface area contributed by atoms with Gasteiger partial charge in [-0.2, -0.15) is 0 Å². The lowest BCUT2D eigenvalue weighted by Gasteiger charge is -2.17. The number of halogens is 2. The molecule has 2 aromatic rings. The Morgan fingerprint density at radius 1 is 1.45 bits per heavy atom. The first-order chi connectivity index (χ1) is 10.0. The number of fused-ring (bicyclic) bond motifs is 1. The molecule has 22 heavy (non-hydrogen) atoms. The molecule has 4 N–H and O–H groups in total. The normalized spacial score (nSPS) is 13.5. The minimum absolute atomic E-state index is 0. The van der Waals surface area contributed by atoms with Crippen LogP contribution in [0.1, 0.15) is 25.8 Å². The Hall–Kier alpha value is -1.59. The monoisotopic (exact) mass is 327 g/mol. The van der Waals surface area contributed by atoms with Gasteiger partial charge in [-0.3, -0.25) is 4.79 Å². The number of H-pyrrole nitrogens is 1. The summed E-state index contributed by atoms with van der Waals surface area (Å²) in [4.78, 5) is 14.9. The van der Waals surface area contributed by atoms with Crippen LogP contribution in [-0.4, -0.2) is 23.5 Å². The molecule has 2 atom stereocenters. The lowest BCUT2D eigenvalue weighted by molar-refractivity contribution is -0.123. The molecule has 0 radical (unpaired) electrons. The number of hydrogen-bond acceptors (Lipinski definition) is 2. The number of hydrogen-bond donors (Lipinski definition) is 3. The number of rotatable bonds is 6. The van der Waals surface area contributed by atoms with Crippen LogP contribution in [0.4, 0.5) is 4.39 Å². The molecule has 0 saturated heterocycles. The van der Waals surface area contributed by atoms with Gasteiger partial charge in [-0.15, -0.1) is 12.4 Å². The Labute approximate surface area is 136 Å². The maximum atomic E-state index is 13.1. The Balaban J connectivity index is 0.00000242. The molecule has 122 valence electrons. The number of aromatic amines is 1. The molecule has 1 amide bonds. The summed E-state index contributed by atoms with van der Waals surface area (Å²) in [5, 5.41) is 3.84. The minimum atomic E-state index is -0.466. The van der Waals surface area contributed by atoms with Crippen molar-refractivity contribution in [2.24, 2.45) is 11.7 Å². The van der Waals surface area contributed by atoms with E-state index in [0.29, 0.717) is 13.0 Å². The highest BCUT2D eigenvalue weighted by molar-refractivity contribution is 5.85. The first kappa shape index (κ1) is 18.5. The summed E-state index contributed by atoms with van der Waals surface area (Å²) in [7, 11) is 0. The third kappa shape index (κ3) is 4.21. The number of nitrogens with two attached hydrogens (primary N) is 1. The molecule has 0 bridgehead atoms. The van der Waals surface area contributed by atoms with Gasteiger partial charge < -0.3 is 16.0 Å². The highest BCUT2D eigenvalue weighted by Gasteiger charge is 2.18. The van der Waals surface area contributed by atoms with E-state index in [1.165, 1.54) is 12.1 Å². The van der Waals surface area contributed by atoms with Crippen LogP contribution in [0.2, 0.25) is 0 Å². The zero-order valence-corrected chi connectivity index (χ0v) is 13.7. The predicted molar refractivity (Wildman–Crippen MR) is 89.6 cm³/mol. The number of benzene rings is 1. The van der Waals surface area contributed by atoms with Gasteiger partial charge in [0.05, 0.1) is 6.04 Å². The van der Waals surface area contributed by atoms with E-state index in [-0.39, 0.29) is 30.0 Å². The first-order valence-electron chi connectivity index (χ1n) is 7.31. The van der Waals surface area contributed by atoms with Gasteiger partial charge in [-0.1, -0.05) is 20.3 Å². The number of carbonyl (C=O) groups excluding carboxylic acids is 1. The van der Waals surface area contributed by atoms with Crippen LogP contribution in [0, 0.1) is 11.7 Å². The number of carbonyl (C=O) groups is 1. The molecular weight excluding hydrogens is 305 g/mol. The number of aromatic nitrogens is 1. The maximum absolute atomic E-state index is 13.1. The second-order valence-electron chi connectivity index (χ2n) is 5.46. The summed E-state index contributed by atoms with van der Waals surface area (Å²) in [5.41, 5.74) is 7.71. The van der Waals surface area contributed by atoms with E-state index in [1.807, 2.05) is 20.0 Å². The lowest BCUT2D eigenvalue weighted by Crippen LogP contribution is -2.45. The van der Waals surface area contributed by atoms with Crippen molar-refractivity contribution in [2.45, 2.75) is 32.7 Å². The molecule has 0 spiro atoms. The average Bonchev–Trinajstić information content (AvgIpc) is 2.87. The van der Waals surface area contributed by atoms with Gasteiger partial charge in [0, 0.05) is 23.6 Å². The Morgan fingerprint density at radius 3 is 2.86 bits per heavy atom. The van der Waals surface area contributed by atoms with Gasteiger partial charge in [0.1, 0.15) is 5.82 Å². The second kappa shape index (κ2) is 8.15. The van der Waals surface area contributed by atoms with E-state index in [2.05, 4.69) is 10.3 Å². The van der Waals surface area contributed by atoms with Crippen molar-refractivity contribution >= 4 is 29.2 Å². The number of amides is 1. The van der Waals surface area contributed by atoms with Crippen LogP contribution in [0.3, 0.4) is 0 Å². The summed E-state index contributed by atoms with van der Waals surface area (Å²) >= 11 is 0. The Bertz CT molecular complexity index is 629. The van der Waals surface area contributed by atoms with Gasteiger partial charge in [0.2, 0.25) is 5.91 Å². The molecule has 0 fully saturated rings. The SMILES string of the molecule is CCC(C)C(N)C(=O)NCCc1c[nH]c2cc(F)ccc12.Cl. The molecule has 0 saturated carbocycles. The van der Waals surface area contributed by atoms with Crippen LogP contribution >= 0.6 is 12.4 Å². The Morgan fingerprint density at radius 2 is 2.18 bits per heavy atom. The minimum Gasteiger partial charge on any atom is -0.361 e. The molecule has 1 aromatic heterocycles. The summed E-state index contributed by atoms with van der Waals surface area (Å²) < 4.78 is 13.1. The van der Waals surface area contributed by atoms with E-state index in [9.17, 15) is 9.18 Å². The third-order valence-corrected chi connectivity index (χ3v) is 3.98. The largest absolute Gasteiger partial charge is 0.361 e. The summed E-state index contributed by atoms with van der Waals surface area (Å²) in [5.74, 6) is -0.208. The van der Waals surface area contributed by atoms with Gasteiger partial charge >= 0.3 is 0 Å². The van der Waals surface area contributed by atoms with E-state index in [1.54, 1.807) is 6.07 Å². The van der Waals surface area contributed by atoms with Crippen molar-refractivity contribution in [3.63, 3.8) is 0 Å². The fraction of sp³-hybridized carbons (Fsp3) is 0.438. The Kier molecular flexibility index (Phi) is 6.84. The zero-order valence-electron chi connectivity index (χ0n) is 12.9. The van der Waals surface area contributed by atoms with Gasteiger partial charge in [0.15, 0.2) is 0 Å². The summed E-state index contributed by atoms with van der Waals surface area (Å²) in [6, 6.07) is 4.20.